The van der Waals surface area contributed by atoms with E-state index in [9.17, 15) is 32.9 Å². The molecule has 0 unspecified atom stereocenters. The summed E-state index contributed by atoms with van der Waals surface area (Å²) in [5.74, 6) is -3.48. The number of primary amides is 1. The van der Waals surface area contributed by atoms with Crippen LogP contribution in [-0.2, 0) is 16.0 Å². The van der Waals surface area contributed by atoms with Crippen LogP contribution in [0, 0.1) is 10.1 Å². The summed E-state index contributed by atoms with van der Waals surface area (Å²) < 4.78 is 40.7. The van der Waals surface area contributed by atoms with Crippen LogP contribution in [0.15, 0.2) is 29.4 Å². The van der Waals surface area contributed by atoms with Crippen LogP contribution < -0.4 is 26.8 Å². The number of nitrogens with zero attached hydrogens (tertiary/aromatic N) is 2. The normalized spacial score (nSPS) is 12.8. The van der Waals surface area contributed by atoms with Crippen molar-refractivity contribution in [2.24, 2.45) is 16.6 Å². The van der Waals surface area contributed by atoms with E-state index in [4.69, 9.17) is 11.5 Å². The van der Waals surface area contributed by atoms with Crippen LogP contribution >= 0.6 is 0 Å². The topological polar surface area (TPSA) is 175 Å². The maximum atomic E-state index is 12.2. The van der Waals surface area contributed by atoms with Gasteiger partial charge in [0, 0.05) is 6.54 Å². The molecule has 11 nitrogen and oxygen atoms in total. The third-order valence-corrected chi connectivity index (χ3v) is 3.68. The lowest BCUT2D eigenvalue weighted by Gasteiger charge is -2.15. The number of benzene rings is 1. The maximum Gasteiger partial charge on any atom is 0.491 e. The lowest BCUT2D eigenvalue weighted by Crippen LogP contribution is -2.43. The first-order chi connectivity index (χ1) is 14.0. The number of hydrogen-bond acceptors (Lipinski definition) is 6. The molecule has 1 amide bonds. The Bertz CT molecular complexity index is 770. The van der Waals surface area contributed by atoms with Crippen LogP contribution in [0.25, 0.3) is 0 Å². The number of amides is 1. The Morgan fingerprint density at radius 2 is 1.83 bits per heavy atom. The lowest BCUT2D eigenvalue weighted by atomic mass is 10.1. The minimum atomic E-state index is -5.08. The largest absolute Gasteiger partial charge is 0.491 e. The highest BCUT2D eigenvalue weighted by Crippen LogP contribution is 2.20. The molecule has 30 heavy (non-hydrogen) atoms. The summed E-state index contributed by atoms with van der Waals surface area (Å²) in [5.41, 5.74) is 11.3. The first kappa shape index (κ1) is 24.6. The zero-order chi connectivity index (χ0) is 22.7. The molecule has 0 radical (unpaired) electrons. The highest BCUT2D eigenvalue weighted by atomic mass is 19.4. The van der Waals surface area contributed by atoms with Gasteiger partial charge in [0.15, 0.2) is 5.03 Å². The molecule has 166 valence electrons. The highest BCUT2D eigenvalue weighted by Gasteiger charge is 2.41. The molecule has 0 fully saturated rings. The molecule has 0 saturated heterocycles. The van der Waals surface area contributed by atoms with Gasteiger partial charge < -0.3 is 26.8 Å². The molecule has 1 rings (SSSR count). The summed E-state index contributed by atoms with van der Waals surface area (Å²) in [4.78, 5) is 32.4. The number of nitrogens with one attached hydrogen (secondary N) is 2. The van der Waals surface area contributed by atoms with Gasteiger partial charge in [-0.15, -0.1) is 0 Å². The number of carbonyl (C=O) groups is 2. The molecule has 0 aromatic heterocycles. The molecule has 0 spiro atoms. The molecule has 0 bridgehead atoms. The number of hydrazone groups is 1. The molecule has 1 aromatic rings. The zero-order valence-electron chi connectivity index (χ0n) is 15.6. The van der Waals surface area contributed by atoms with Gasteiger partial charge >= 0.3 is 12.1 Å². The number of hydrogen-bond donors (Lipinski definition) is 4. The molecule has 1 atom stereocenters. The van der Waals surface area contributed by atoms with Crippen molar-refractivity contribution in [1.29, 1.82) is 0 Å². The van der Waals surface area contributed by atoms with Crippen molar-refractivity contribution in [3.05, 3.63) is 39.9 Å². The molecular formula is C16H21F3N6O5. The molecule has 0 heterocycles. The second-order valence-corrected chi connectivity index (χ2v) is 5.98. The summed E-state index contributed by atoms with van der Waals surface area (Å²) in [6.07, 6.45) is -3.89. The van der Waals surface area contributed by atoms with Gasteiger partial charge in [-0.25, -0.2) is 14.9 Å². The van der Waals surface area contributed by atoms with E-state index in [0.717, 1.165) is 5.56 Å². The van der Waals surface area contributed by atoms with Crippen LogP contribution in [0.5, 0.6) is 5.75 Å². The standard InChI is InChI=1S/C16H21F3N6O5/c17-16(18,19)14(27)30-11-5-3-10(4-6-11)7-9-22-12(13(20)26)2-1-8-23-15(21)24-25(28)29/h3-6,12,22H,1-2,7-9H2,(H2,20,26)(H3,21,23,24)/t12-/m1/s1. The highest BCUT2D eigenvalue weighted by molar-refractivity contribution is 5.80. The summed E-state index contributed by atoms with van der Waals surface area (Å²) in [6, 6.07) is 4.77. The third kappa shape index (κ3) is 9.68. The monoisotopic (exact) mass is 434 g/mol. The Hall–Kier alpha value is -3.42. The van der Waals surface area contributed by atoms with Crippen molar-refractivity contribution in [3.8, 4) is 5.75 Å². The predicted molar refractivity (Wildman–Crippen MR) is 98.7 cm³/mol. The Labute approximate surface area is 168 Å². The number of halogens is 3. The second kappa shape index (κ2) is 11.5. The van der Waals surface area contributed by atoms with Crippen molar-refractivity contribution in [3.63, 3.8) is 0 Å². The number of carbonyl (C=O) groups excluding carboxylic acids is 2. The van der Waals surface area contributed by atoms with E-state index in [0.29, 0.717) is 25.8 Å². The van der Waals surface area contributed by atoms with Gasteiger partial charge in [0.25, 0.3) is 5.96 Å². The molecule has 0 aliphatic rings. The van der Waals surface area contributed by atoms with E-state index in [-0.39, 0.29) is 18.3 Å². The average molecular weight is 434 g/mol. The summed E-state index contributed by atoms with van der Waals surface area (Å²) >= 11 is 0. The summed E-state index contributed by atoms with van der Waals surface area (Å²) in [7, 11) is 0. The fourth-order valence-electron chi connectivity index (χ4n) is 2.27. The summed E-state index contributed by atoms with van der Waals surface area (Å²) in [6.45, 7) is 0.584. The fraction of sp³-hybridized carbons (Fsp3) is 0.438. The van der Waals surface area contributed by atoms with Gasteiger partial charge in [-0.2, -0.15) is 13.2 Å². The van der Waals surface area contributed by atoms with Gasteiger partial charge in [0.2, 0.25) is 5.91 Å². The molecule has 1 aromatic carbocycles. The number of esters is 1. The number of rotatable bonds is 11. The van der Waals surface area contributed by atoms with Gasteiger partial charge in [0.1, 0.15) is 10.9 Å². The predicted octanol–water partition coefficient (Wildman–Crippen LogP) is 0.0165. The minimum absolute atomic E-state index is 0.239. The second-order valence-electron chi connectivity index (χ2n) is 5.98. The maximum absolute atomic E-state index is 12.2. The Morgan fingerprint density at radius 3 is 2.37 bits per heavy atom. The van der Waals surface area contributed by atoms with Gasteiger partial charge in [0.05, 0.1) is 6.04 Å². The van der Waals surface area contributed by atoms with Gasteiger partial charge in [-0.05, 0) is 43.5 Å². The molecule has 6 N–H and O–H groups in total. The Morgan fingerprint density at radius 1 is 1.20 bits per heavy atom. The van der Waals surface area contributed by atoms with E-state index in [1.54, 1.807) is 0 Å². The van der Waals surface area contributed by atoms with E-state index < -0.39 is 29.1 Å². The summed E-state index contributed by atoms with van der Waals surface area (Å²) in [5, 5.41) is 17.5. The number of nitro groups is 1. The van der Waals surface area contributed by atoms with Crippen molar-refractivity contribution >= 4 is 17.8 Å². The van der Waals surface area contributed by atoms with Crippen LogP contribution in [0.4, 0.5) is 13.2 Å². The Kier molecular flexibility index (Phi) is 9.48. The van der Waals surface area contributed by atoms with Crippen LogP contribution in [0.3, 0.4) is 0 Å². The molecule has 0 saturated carbocycles. The van der Waals surface area contributed by atoms with Crippen molar-refractivity contribution in [2.75, 3.05) is 13.1 Å². The quantitative estimate of drug-likeness (QED) is 0.0716. The SMILES string of the molecule is NC(=O)[C@@H](CCCNC(N)=N[N+](=O)[O-])NCCc1ccc(OC(=O)C(F)(F)F)cc1. The van der Waals surface area contributed by atoms with E-state index in [1.807, 2.05) is 0 Å². The molecule has 14 heteroatoms. The van der Waals surface area contributed by atoms with E-state index in [2.05, 4.69) is 20.5 Å². The van der Waals surface area contributed by atoms with Gasteiger partial charge in [-0.1, -0.05) is 12.1 Å². The van der Waals surface area contributed by atoms with Crippen molar-refractivity contribution < 1.29 is 32.5 Å². The van der Waals surface area contributed by atoms with E-state index >= 15 is 0 Å². The first-order valence-corrected chi connectivity index (χ1v) is 8.62. The fourth-order valence-corrected chi connectivity index (χ4v) is 2.27. The van der Waals surface area contributed by atoms with E-state index in [1.165, 1.54) is 24.3 Å². The van der Waals surface area contributed by atoms with Crippen LogP contribution in [0.1, 0.15) is 18.4 Å². The average Bonchev–Trinajstić information content (AvgIpc) is 2.63. The molecule has 0 aliphatic heterocycles. The smallest absolute Gasteiger partial charge is 0.420 e. The van der Waals surface area contributed by atoms with Crippen LogP contribution in [0.2, 0.25) is 0 Å². The number of alkyl halides is 3. The van der Waals surface area contributed by atoms with Crippen molar-refractivity contribution in [2.45, 2.75) is 31.5 Å². The minimum Gasteiger partial charge on any atom is -0.420 e. The zero-order valence-corrected chi connectivity index (χ0v) is 15.6. The van der Waals surface area contributed by atoms with Crippen molar-refractivity contribution in [1.82, 2.24) is 10.6 Å². The molecular weight excluding hydrogens is 413 g/mol. The van der Waals surface area contributed by atoms with Crippen LogP contribution in [-0.4, -0.2) is 48.2 Å². The third-order valence-electron chi connectivity index (χ3n) is 3.68. The first-order valence-electron chi connectivity index (χ1n) is 8.62. The number of ether oxygens (including phenoxy) is 1. The lowest BCUT2D eigenvalue weighted by molar-refractivity contribution is -0.485. The number of guanidine groups is 1. The molecule has 0 aliphatic carbocycles. The van der Waals surface area contributed by atoms with Gasteiger partial charge in [-0.3, -0.25) is 4.79 Å². The number of nitrogens with two attached hydrogens (primary N) is 2. The Balaban J connectivity index is 2.41.